The Labute approximate surface area is 141 Å². The highest BCUT2D eigenvalue weighted by molar-refractivity contribution is 5.46. The molecule has 126 valence electrons. The van der Waals surface area contributed by atoms with Crippen LogP contribution in [0.1, 0.15) is 0 Å². The maximum atomic E-state index is 5.37. The molecule has 2 aliphatic heterocycles. The van der Waals surface area contributed by atoms with Gasteiger partial charge in [-0.05, 0) is 18.2 Å². The van der Waals surface area contributed by atoms with E-state index >= 15 is 0 Å². The lowest BCUT2D eigenvalue weighted by Gasteiger charge is -2.35. The van der Waals surface area contributed by atoms with Crippen LogP contribution in [0.2, 0.25) is 0 Å². The van der Waals surface area contributed by atoms with Crippen molar-refractivity contribution in [3.63, 3.8) is 0 Å². The van der Waals surface area contributed by atoms with Crippen molar-refractivity contribution < 1.29 is 4.74 Å². The lowest BCUT2D eigenvalue weighted by molar-refractivity contribution is 0.122. The zero-order valence-corrected chi connectivity index (χ0v) is 13.6. The van der Waals surface area contributed by atoms with E-state index in [2.05, 4.69) is 47.0 Å². The van der Waals surface area contributed by atoms with E-state index in [4.69, 9.17) is 4.74 Å². The Hall–Kier alpha value is -2.48. The highest BCUT2D eigenvalue weighted by atomic mass is 16.5. The van der Waals surface area contributed by atoms with E-state index in [-0.39, 0.29) is 0 Å². The predicted molar refractivity (Wildman–Crippen MR) is 91.5 cm³/mol. The van der Waals surface area contributed by atoms with Crippen molar-refractivity contribution in [1.29, 1.82) is 0 Å². The first-order valence-electron chi connectivity index (χ1n) is 8.33. The van der Waals surface area contributed by atoms with Crippen LogP contribution in [0, 0.1) is 0 Å². The Morgan fingerprint density at radius 1 is 0.708 bits per heavy atom. The summed E-state index contributed by atoms with van der Waals surface area (Å²) in [5, 5.41) is 8.81. The fourth-order valence-electron chi connectivity index (χ4n) is 3.04. The Kier molecular flexibility index (Phi) is 4.37. The maximum absolute atomic E-state index is 5.37. The second-order valence-corrected chi connectivity index (χ2v) is 5.87. The maximum Gasteiger partial charge on any atom is 0.225 e. The minimum absolute atomic E-state index is 0.757. The highest BCUT2D eigenvalue weighted by Gasteiger charge is 2.20. The number of morpholine rings is 1. The van der Waals surface area contributed by atoms with Gasteiger partial charge in [0.15, 0.2) is 11.6 Å². The number of anilines is 3. The van der Waals surface area contributed by atoms with Gasteiger partial charge in [-0.1, -0.05) is 0 Å². The Balaban J connectivity index is 1.37. The SMILES string of the molecule is c1cnc(N2CCN(c3ccc(N4CCOCC4)nn3)CC2)nc1. The zero-order valence-electron chi connectivity index (χ0n) is 13.6. The summed E-state index contributed by atoms with van der Waals surface area (Å²) in [6.45, 7) is 6.83. The summed E-state index contributed by atoms with van der Waals surface area (Å²) >= 11 is 0. The largest absolute Gasteiger partial charge is 0.378 e. The summed E-state index contributed by atoms with van der Waals surface area (Å²) < 4.78 is 5.37. The Bertz CT molecular complexity index is 637. The topological polar surface area (TPSA) is 70.5 Å². The van der Waals surface area contributed by atoms with Gasteiger partial charge in [0.2, 0.25) is 5.95 Å². The molecule has 0 aliphatic carbocycles. The van der Waals surface area contributed by atoms with Crippen LogP contribution in [0.25, 0.3) is 0 Å². The fourth-order valence-corrected chi connectivity index (χ4v) is 3.04. The first-order valence-corrected chi connectivity index (χ1v) is 8.33. The van der Waals surface area contributed by atoms with E-state index in [0.29, 0.717) is 0 Å². The van der Waals surface area contributed by atoms with Crippen molar-refractivity contribution in [3.05, 3.63) is 30.6 Å². The molecule has 2 saturated heterocycles. The van der Waals surface area contributed by atoms with Crippen LogP contribution in [0.15, 0.2) is 30.6 Å². The molecule has 8 heteroatoms. The minimum atomic E-state index is 0.757. The van der Waals surface area contributed by atoms with Crippen LogP contribution in [0.3, 0.4) is 0 Å². The van der Waals surface area contributed by atoms with Gasteiger partial charge in [0.1, 0.15) is 0 Å². The molecule has 4 rings (SSSR count). The zero-order chi connectivity index (χ0) is 16.2. The van der Waals surface area contributed by atoms with Gasteiger partial charge < -0.3 is 19.4 Å². The Morgan fingerprint density at radius 3 is 1.83 bits per heavy atom. The normalized spacial score (nSPS) is 18.8. The van der Waals surface area contributed by atoms with E-state index in [1.54, 1.807) is 12.4 Å². The summed E-state index contributed by atoms with van der Waals surface area (Å²) in [6, 6.07) is 5.96. The van der Waals surface area contributed by atoms with Gasteiger partial charge in [-0.2, -0.15) is 0 Å². The molecule has 2 aliphatic rings. The quantitative estimate of drug-likeness (QED) is 0.804. The summed E-state index contributed by atoms with van der Waals surface area (Å²) in [5.41, 5.74) is 0. The standard InChI is InChI=1S/C16H21N7O/c1-4-17-16(18-5-1)23-8-6-21(7-9-23)14-2-3-15(20-19-14)22-10-12-24-13-11-22/h1-5H,6-13H2. The van der Waals surface area contributed by atoms with Crippen LogP contribution in [0.5, 0.6) is 0 Å². The molecule has 8 nitrogen and oxygen atoms in total. The van der Waals surface area contributed by atoms with Gasteiger partial charge in [0, 0.05) is 51.7 Å². The summed E-state index contributed by atoms with van der Waals surface area (Å²) in [6.07, 6.45) is 3.56. The van der Waals surface area contributed by atoms with Gasteiger partial charge >= 0.3 is 0 Å². The van der Waals surface area contributed by atoms with E-state index in [0.717, 1.165) is 70.1 Å². The number of hydrogen-bond acceptors (Lipinski definition) is 8. The van der Waals surface area contributed by atoms with Crippen LogP contribution in [-0.4, -0.2) is 72.6 Å². The van der Waals surface area contributed by atoms with Gasteiger partial charge in [0.05, 0.1) is 13.2 Å². The summed E-state index contributed by atoms with van der Waals surface area (Å²) in [5.74, 6) is 2.66. The molecule has 0 spiro atoms. The molecule has 2 aromatic heterocycles. The lowest BCUT2D eigenvalue weighted by Crippen LogP contribution is -2.47. The number of rotatable bonds is 3. The second kappa shape index (κ2) is 6.96. The molecule has 0 bridgehead atoms. The molecule has 2 fully saturated rings. The van der Waals surface area contributed by atoms with Crippen molar-refractivity contribution in [2.45, 2.75) is 0 Å². The van der Waals surface area contributed by atoms with Crippen molar-refractivity contribution in [2.75, 3.05) is 67.2 Å². The smallest absolute Gasteiger partial charge is 0.225 e. The molecule has 4 heterocycles. The number of nitrogens with zero attached hydrogens (tertiary/aromatic N) is 7. The van der Waals surface area contributed by atoms with Crippen LogP contribution < -0.4 is 14.7 Å². The average molecular weight is 327 g/mol. The predicted octanol–water partition coefficient (Wildman–Crippen LogP) is 0.430. The third-order valence-corrected chi connectivity index (χ3v) is 4.41. The monoisotopic (exact) mass is 327 g/mol. The van der Waals surface area contributed by atoms with Crippen molar-refractivity contribution in [3.8, 4) is 0 Å². The fraction of sp³-hybridized carbons (Fsp3) is 0.500. The molecule has 2 aromatic rings. The number of piperazine rings is 1. The molecule has 0 unspecified atom stereocenters. The van der Waals surface area contributed by atoms with Crippen LogP contribution in [0.4, 0.5) is 17.6 Å². The molecule has 0 N–H and O–H groups in total. The molecule has 24 heavy (non-hydrogen) atoms. The molecule has 0 atom stereocenters. The molecule has 0 radical (unpaired) electrons. The van der Waals surface area contributed by atoms with Gasteiger partial charge in [-0.25, -0.2) is 9.97 Å². The third kappa shape index (κ3) is 3.23. The average Bonchev–Trinajstić information content (AvgIpc) is 2.70. The number of hydrogen-bond donors (Lipinski definition) is 0. The molecular weight excluding hydrogens is 306 g/mol. The first kappa shape index (κ1) is 15.1. The molecule has 0 aromatic carbocycles. The number of aromatic nitrogens is 4. The van der Waals surface area contributed by atoms with E-state index in [1.165, 1.54) is 0 Å². The molecule has 0 amide bonds. The van der Waals surface area contributed by atoms with E-state index < -0.39 is 0 Å². The highest BCUT2D eigenvalue weighted by Crippen LogP contribution is 2.18. The van der Waals surface area contributed by atoms with Gasteiger partial charge in [-0.15, -0.1) is 10.2 Å². The lowest BCUT2D eigenvalue weighted by atomic mass is 10.3. The Morgan fingerprint density at radius 2 is 1.25 bits per heavy atom. The third-order valence-electron chi connectivity index (χ3n) is 4.41. The summed E-state index contributed by atoms with van der Waals surface area (Å²) in [4.78, 5) is 15.3. The van der Waals surface area contributed by atoms with Crippen molar-refractivity contribution >= 4 is 17.6 Å². The van der Waals surface area contributed by atoms with Crippen molar-refractivity contribution in [2.24, 2.45) is 0 Å². The second-order valence-electron chi connectivity index (χ2n) is 5.87. The van der Waals surface area contributed by atoms with Gasteiger partial charge in [0.25, 0.3) is 0 Å². The summed E-state index contributed by atoms with van der Waals surface area (Å²) in [7, 11) is 0. The number of ether oxygens (including phenoxy) is 1. The van der Waals surface area contributed by atoms with Crippen molar-refractivity contribution in [1.82, 2.24) is 20.2 Å². The minimum Gasteiger partial charge on any atom is -0.378 e. The van der Waals surface area contributed by atoms with Crippen LogP contribution >= 0.6 is 0 Å². The van der Waals surface area contributed by atoms with Crippen LogP contribution in [-0.2, 0) is 4.74 Å². The first-order chi connectivity index (χ1) is 11.9. The van der Waals surface area contributed by atoms with E-state index in [1.807, 2.05) is 6.07 Å². The van der Waals surface area contributed by atoms with E-state index in [9.17, 15) is 0 Å². The molecule has 0 saturated carbocycles. The molecular formula is C16H21N7O. The van der Waals surface area contributed by atoms with Gasteiger partial charge in [-0.3, -0.25) is 0 Å².